The van der Waals surface area contributed by atoms with Crippen LogP contribution in [0, 0.1) is 0 Å². The number of halogens is 1. The highest BCUT2D eigenvalue weighted by molar-refractivity contribution is 8.51. The maximum absolute atomic E-state index is 6.71. The van der Waals surface area contributed by atoms with Gasteiger partial charge in [0.1, 0.15) is 0 Å². The molecule has 1 aliphatic heterocycles. The quantitative estimate of drug-likeness (QED) is 0.621. The van der Waals surface area contributed by atoms with E-state index in [2.05, 4.69) is 54.8 Å². The highest BCUT2D eigenvalue weighted by atomic mass is 35.7. The Morgan fingerprint density at radius 2 is 1.20 bits per heavy atom. The second-order valence-corrected chi connectivity index (χ2v) is 8.18. The number of rotatable bonds is 0. The van der Waals surface area contributed by atoms with Crippen LogP contribution in [0.2, 0.25) is 0 Å². The number of hydrogen-bond donors (Lipinski definition) is 0. The van der Waals surface area contributed by atoms with Gasteiger partial charge in [0.15, 0.2) is 0 Å². The molecule has 2 aromatic carbocycles. The summed E-state index contributed by atoms with van der Waals surface area (Å²) in [6.45, 7) is 0. The molecule has 0 unspecified atom stereocenters. The molecule has 0 atom stereocenters. The summed E-state index contributed by atoms with van der Waals surface area (Å²) in [5.74, 6) is 0. The van der Waals surface area contributed by atoms with E-state index >= 15 is 0 Å². The van der Waals surface area contributed by atoms with Crippen molar-refractivity contribution in [2.75, 3.05) is 6.26 Å². The Bertz CT molecular complexity index is 484. The molecule has 0 spiro atoms. The van der Waals surface area contributed by atoms with E-state index in [1.807, 2.05) is 0 Å². The van der Waals surface area contributed by atoms with Crippen molar-refractivity contribution in [1.29, 1.82) is 0 Å². The van der Waals surface area contributed by atoms with Crippen molar-refractivity contribution in [2.24, 2.45) is 0 Å². The normalized spacial score (nSPS) is 18.0. The van der Waals surface area contributed by atoms with Gasteiger partial charge in [0.25, 0.3) is 0 Å². The summed E-state index contributed by atoms with van der Waals surface area (Å²) >= 11 is 0. The van der Waals surface area contributed by atoms with Gasteiger partial charge in [-0.2, -0.15) is 0 Å². The first-order chi connectivity index (χ1) is 7.21. The van der Waals surface area contributed by atoms with Gasteiger partial charge in [-0.1, -0.05) is 47.1 Å². The van der Waals surface area contributed by atoms with Crippen molar-refractivity contribution in [3.05, 3.63) is 48.5 Å². The zero-order valence-electron chi connectivity index (χ0n) is 8.41. The fourth-order valence-electron chi connectivity index (χ4n) is 2.17. The zero-order chi connectivity index (χ0) is 10.5. The third kappa shape index (κ3) is 1.17. The van der Waals surface area contributed by atoms with Gasteiger partial charge in [-0.05, 0) is 29.5 Å². The summed E-state index contributed by atoms with van der Waals surface area (Å²) in [4.78, 5) is 2.60. The Morgan fingerprint density at radius 1 is 0.800 bits per heavy atom. The first-order valence-corrected chi connectivity index (χ1v) is 7.74. The highest BCUT2D eigenvalue weighted by Crippen LogP contribution is 2.72. The minimum absolute atomic E-state index is 1.29. The highest BCUT2D eigenvalue weighted by Gasteiger charge is 2.32. The second kappa shape index (κ2) is 3.03. The summed E-state index contributed by atoms with van der Waals surface area (Å²) in [6, 6.07) is 16.9. The lowest BCUT2D eigenvalue weighted by Crippen LogP contribution is -1.84. The first-order valence-electron chi connectivity index (χ1n) is 4.88. The van der Waals surface area contributed by atoms with E-state index in [-0.39, 0.29) is 0 Å². The van der Waals surface area contributed by atoms with Gasteiger partial charge in [-0.15, -0.1) is 9.24 Å². The number of hydrogen-bond acceptors (Lipinski definition) is 0. The molecular weight excluding hydrogens is 224 g/mol. The number of fused-ring (bicyclic) bond motifs is 3. The molecule has 0 aliphatic carbocycles. The van der Waals surface area contributed by atoms with Gasteiger partial charge >= 0.3 is 0 Å². The van der Waals surface area contributed by atoms with Crippen LogP contribution in [-0.2, 0) is 0 Å². The Morgan fingerprint density at radius 3 is 1.67 bits per heavy atom. The predicted octanol–water partition coefficient (Wildman–Crippen LogP) is 4.67. The molecule has 0 radical (unpaired) electrons. The van der Waals surface area contributed by atoms with Crippen molar-refractivity contribution in [1.82, 2.24) is 0 Å². The SMILES string of the molecule is CS1(Cl)c2ccccc2-c2ccccc21. The van der Waals surface area contributed by atoms with Crippen molar-refractivity contribution >= 4 is 19.9 Å². The molecular formula is C13H11ClS. The fraction of sp³-hybridized carbons (Fsp3) is 0.0769. The summed E-state index contributed by atoms with van der Waals surface area (Å²) in [6.07, 6.45) is 2.15. The monoisotopic (exact) mass is 234 g/mol. The number of benzene rings is 2. The van der Waals surface area contributed by atoms with Crippen LogP contribution < -0.4 is 0 Å². The maximum Gasteiger partial charge on any atom is 0.0149 e. The molecule has 2 aromatic rings. The van der Waals surface area contributed by atoms with Crippen molar-refractivity contribution in [3.8, 4) is 11.1 Å². The van der Waals surface area contributed by atoms with Gasteiger partial charge < -0.3 is 0 Å². The van der Waals surface area contributed by atoms with Gasteiger partial charge in [0.2, 0.25) is 0 Å². The second-order valence-electron chi connectivity index (χ2n) is 3.81. The molecule has 0 bridgehead atoms. The van der Waals surface area contributed by atoms with Gasteiger partial charge in [-0.25, -0.2) is 0 Å². The van der Waals surface area contributed by atoms with Crippen LogP contribution in [0.5, 0.6) is 0 Å². The topological polar surface area (TPSA) is 0 Å². The molecule has 0 saturated heterocycles. The van der Waals surface area contributed by atoms with Crippen molar-refractivity contribution in [3.63, 3.8) is 0 Å². The van der Waals surface area contributed by atoms with E-state index in [4.69, 9.17) is 10.7 Å². The molecule has 2 heteroatoms. The van der Waals surface area contributed by atoms with Crippen LogP contribution in [0.1, 0.15) is 0 Å². The molecule has 0 saturated carbocycles. The van der Waals surface area contributed by atoms with E-state index in [1.165, 1.54) is 20.9 Å². The van der Waals surface area contributed by atoms with Crippen LogP contribution in [-0.4, -0.2) is 6.26 Å². The average molecular weight is 235 g/mol. The van der Waals surface area contributed by atoms with E-state index in [0.29, 0.717) is 0 Å². The Balaban J connectivity index is 2.42. The van der Waals surface area contributed by atoms with E-state index < -0.39 is 9.24 Å². The molecule has 15 heavy (non-hydrogen) atoms. The Kier molecular flexibility index (Phi) is 1.88. The summed E-state index contributed by atoms with van der Waals surface area (Å²) in [5.41, 5.74) is 2.61. The standard InChI is InChI=1S/C13H11ClS/c1-15(14)12-8-4-2-6-10(12)11-7-3-5-9-13(11)15/h2-9H,1H3. The summed E-state index contributed by atoms with van der Waals surface area (Å²) < 4.78 is 0. The molecule has 1 heterocycles. The minimum atomic E-state index is -1.29. The predicted molar refractivity (Wildman–Crippen MR) is 67.8 cm³/mol. The summed E-state index contributed by atoms with van der Waals surface area (Å²) in [5, 5.41) is 0. The lowest BCUT2D eigenvalue weighted by molar-refractivity contribution is 1.45. The molecule has 0 N–H and O–H groups in total. The van der Waals surface area contributed by atoms with Crippen LogP contribution in [0.15, 0.2) is 58.3 Å². The van der Waals surface area contributed by atoms with Crippen LogP contribution in [0.25, 0.3) is 11.1 Å². The van der Waals surface area contributed by atoms with E-state index in [1.54, 1.807) is 0 Å². The van der Waals surface area contributed by atoms with Crippen molar-refractivity contribution in [2.45, 2.75) is 9.79 Å². The van der Waals surface area contributed by atoms with Crippen molar-refractivity contribution < 1.29 is 0 Å². The van der Waals surface area contributed by atoms with Gasteiger partial charge in [0, 0.05) is 9.79 Å². The first kappa shape index (κ1) is 9.32. The van der Waals surface area contributed by atoms with Crippen LogP contribution in [0.3, 0.4) is 0 Å². The lowest BCUT2D eigenvalue weighted by Gasteiger charge is -2.24. The molecule has 0 nitrogen and oxygen atoms in total. The Labute approximate surface area is 95.7 Å². The zero-order valence-corrected chi connectivity index (χ0v) is 9.98. The smallest absolute Gasteiger partial charge is 0.0149 e. The third-order valence-corrected chi connectivity index (χ3v) is 6.25. The van der Waals surface area contributed by atoms with Crippen LogP contribution in [0.4, 0.5) is 0 Å². The average Bonchev–Trinajstić information content (AvgIpc) is 2.51. The molecule has 0 aromatic heterocycles. The molecule has 1 aliphatic rings. The minimum Gasteiger partial charge on any atom is -0.110 e. The Hall–Kier alpha value is -0.920. The van der Waals surface area contributed by atoms with Crippen LogP contribution >= 0.6 is 19.9 Å². The molecule has 0 amide bonds. The van der Waals surface area contributed by atoms with Gasteiger partial charge in [0.05, 0.1) is 0 Å². The van der Waals surface area contributed by atoms with Gasteiger partial charge in [-0.3, -0.25) is 0 Å². The maximum atomic E-state index is 6.71. The molecule has 76 valence electrons. The third-order valence-electron chi connectivity index (χ3n) is 2.89. The van der Waals surface area contributed by atoms with E-state index in [0.717, 1.165) is 0 Å². The largest absolute Gasteiger partial charge is 0.110 e. The summed E-state index contributed by atoms with van der Waals surface area (Å²) in [7, 11) is 5.42. The molecule has 0 fully saturated rings. The lowest BCUT2D eigenvalue weighted by atomic mass is 10.1. The fourth-order valence-corrected chi connectivity index (χ4v) is 5.06. The molecule has 3 rings (SSSR count). The van der Waals surface area contributed by atoms with E-state index in [9.17, 15) is 0 Å².